The largest absolute Gasteiger partial charge is 0.457 e. The fourth-order valence-electron chi connectivity index (χ4n) is 5.24. The van der Waals surface area contributed by atoms with Gasteiger partial charge in [0.15, 0.2) is 5.78 Å². The number of benzene rings is 5. The number of anilines is 1. The van der Waals surface area contributed by atoms with Gasteiger partial charge in [0, 0.05) is 24.2 Å². The zero-order valence-electron chi connectivity index (χ0n) is 26.3. The van der Waals surface area contributed by atoms with Crippen molar-refractivity contribution in [1.29, 1.82) is 0 Å². The second-order valence-corrected chi connectivity index (χ2v) is 11.2. The third-order valence-electron chi connectivity index (χ3n) is 7.90. The van der Waals surface area contributed by atoms with Crippen LogP contribution in [0.4, 0.5) is 5.69 Å². The summed E-state index contributed by atoms with van der Waals surface area (Å²) in [5.74, 6) is -0.710. The maximum Gasteiger partial charge on any atom is 0.338 e. The number of Topliss-reactive ketones (excluding diaryl/α,β-unsaturated/α-hetero) is 1. The Kier molecular flexibility index (Phi) is 10.4. The predicted molar refractivity (Wildman–Crippen MR) is 181 cm³/mol. The molecule has 0 radical (unpaired) electrons. The molecule has 0 atom stereocenters. The van der Waals surface area contributed by atoms with E-state index < -0.39 is 11.9 Å². The van der Waals surface area contributed by atoms with E-state index >= 15 is 0 Å². The Morgan fingerprint density at radius 2 is 1.22 bits per heavy atom. The van der Waals surface area contributed by atoms with Crippen LogP contribution in [-0.4, -0.2) is 17.7 Å². The van der Waals surface area contributed by atoms with Gasteiger partial charge in [0.25, 0.3) is 0 Å². The Labute approximate surface area is 270 Å². The Bertz CT molecular complexity index is 1850. The first-order valence-electron chi connectivity index (χ1n) is 15.4. The number of carbonyl (C=O) groups excluding carboxylic acids is 3. The summed E-state index contributed by atoms with van der Waals surface area (Å²) in [6.07, 6.45) is 0.480. The molecule has 0 bridgehead atoms. The van der Waals surface area contributed by atoms with Crippen molar-refractivity contribution in [2.75, 3.05) is 5.32 Å². The number of nitrogens with one attached hydrogen (secondary N) is 1. The molecule has 0 fully saturated rings. The van der Waals surface area contributed by atoms with Gasteiger partial charge in [-0.2, -0.15) is 0 Å². The molecule has 1 N–H and O–H groups in total. The number of aryl methyl sites for hydroxylation is 2. The standard InChI is InChI=1S/C40H37NO5/c1-4-38(42)32-18-20-36(28(3)21-32)37-23-35(19-15-27(37)2)41-24-29-16-17-33(25-45-39(43)30-11-7-5-8-12-30)34(22-29)26-46-40(44)31-13-9-6-10-14-31/h5-23,41H,4,24-26H2,1-3H3. The first-order valence-corrected chi connectivity index (χ1v) is 15.4. The Balaban J connectivity index is 1.33. The molecule has 0 aliphatic heterocycles. The number of carbonyl (C=O) groups is 3. The molecule has 5 aromatic carbocycles. The van der Waals surface area contributed by atoms with Crippen LogP contribution in [0.25, 0.3) is 11.1 Å². The normalized spacial score (nSPS) is 10.7. The smallest absolute Gasteiger partial charge is 0.338 e. The van der Waals surface area contributed by atoms with Gasteiger partial charge >= 0.3 is 11.9 Å². The summed E-state index contributed by atoms with van der Waals surface area (Å²) in [5, 5.41) is 3.52. The van der Waals surface area contributed by atoms with Crippen LogP contribution < -0.4 is 5.32 Å². The number of rotatable bonds is 12. The van der Waals surface area contributed by atoms with E-state index in [1.807, 2.05) is 68.4 Å². The monoisotopic (exact) mass is 611 g/mol. The summed E-state index contributed by atoms with van der Waals surface area (Å²) >= 11 is 0. The first-order chi connectivity index (χ1) is 22.3. The number of ether oxygens (including phenoxy) is 2. The van der Waals surface area contributed by atoms with Gasteiger partial charge in [0.1, 0.15) is 13.2 Å². The van der Waals surface area contributed by atoms with Gasteiger partial charge in [0.05, 0.1) is 11.1 Å². The predicted octanol–water partition coefficient (Wildman–Crippen LogP) is 8.89. The molecular formula is C40H37NO5. The zero-order chi connectivity index (χ0) is 32.5. The van der Waals surface area contributed by atoms with Gasteiger partial charge in [-0.3, -0.25) is 4.79 Å². The fraction of sp³-hybridized carbons (Fsp3) is 0.175. The van der Waals surface area contributed by atoms with Crippen LogP contribution in [0.3, 0.4) is 0 Å². The van der Waals surface area contributed by atoms with E-state index in [1.54, 1.807) is 48.5 Å². The van der Waals surface area contributed by atoms with Crippen molar-refractivity contribution in [2.45, 2.75) is 47.0 Å². The second-order valence-electron chi connectivity index (χ2n) is 11.2. The highest BCUT2D eigenvalue weighted by Crippen LogP contribution is 2.30. The number of ketones is 1. The lowest BCUT2D eigenvalue weighted by Crippen LogP contribution is -2.10. The summed E-state index contributed by atoms with van der Waals surface area (Å²) < 4.78 is 11.3. The van der Waals surface area contributed by atoms with Crippen molar-refractivity contribution in [3.05, 3.63) is 160 Å². The second kappa shape index (κ2) is 15.0. The molecule has 0 saturated carbocycles. The number of hydrogen-bond acceptors (Lipinski definition) is 6. The van der Waals surface area contributed by atoms with Crippen molar-refractivity contribution >= 4 is 23.4 Å². The maximum atomic E-state index is 12.7. The van der Waals surface area contributed by atoms with Crippen molar-refractivity contribution in [2.24, 2.45) is 0 Å². The summed E-state index contributed by atoms with van der Waals surface area (Å²) in [5.41, 5.74) is 9.49. The Morgan fingerprint density at radius 1 is 0.587 bits per heavy atom. The molecule has 0 spiro atoms. The van der Waals surface area contributed by atoms with Crippen LogP contribution in [0.2, 0.25) is 0 Å². The van der Waals surface area contributed by atoms with Gasteiger partial charge < -0.3 is 14.8 Å². The fourth-order valence-corrected chi connectivity index (χ4v) is 5.24. The third kappa shape index (κ3) is 7.96. The molecule has 0 heterocycles. The summed E-state index contributed by atoms with van der Waals surface area (Å²) in [6.45, 7) is 6.59. The summed E-state index contributed by atoms with van der Waals surface area (Å²) in [4.78, 5) is 37.5. The maximum absolute atomic E-state index is 12.7. The first kappa shape index (κ1) is 31.9. The average molecular weight is 612 g/mol. The van der Waals surface area contributed by atoms with Crippen LogP contribution in [-0.2, 0) is 29.2 Å². The quantitative estimate of drug-likeness (QED) is 0.112. The van der Waals surface area contributed by atoms with Crippen LogP contribution in [0.5, 0.6) is 0 Å². The van der Waals surface area contributed by atoms with Crippen LogP contribution in [0, 0.1) is 13.8 Å². The molecule has 5 rings (SSSR count). The van der Waals surface area contributed by atoms with E-state index in [4.69, 9.17) is 9.47 Å². The molecular weight excluding hydrogens is 574 g/mol. The minimum absolute atomic E-state index is 0.0320. The van der Waals surface area contributed by atoms with Crippen molar-refractivity contribution in [1.82, 2.24) is 0 Å². The SMILES string of the molecule is CCC(=O)c1ccc(-c2cc(NCc3ccc(COC(=O)c4ccccc4)c(COC(=O)c4ccccc4)c3)ccc2C)c(C)c1. The number of hydrogen-bond donors (Lipinski definition) is 1. The van der Waals surface area contributed by atoms with Crippen molar-refractivity contribution < 1.29 is 23.9 Å². The van der Waals surface area contributed by atoms with Crippen LogP contribution in [0.15, 0.2) is 115 Å². The van der Waals surface area contributed by atoms with Crippen molar-refractivity contribution in [3.8, 4) is 11.1 Å². The lowest BCUT2D eigenvalue weighted by molar-refractivity contribution is 0.0435. The highest BCUT2D eigenvalue weighted by atomic mass is 16.5. The van der Waals surface area contributed by atoms with E-state index in [2.05, 4.69) is 24.4 Å². The minimum Gasteiger partial charge on any atom is -0.457 e. The minimum atomic E-state index is -0.425. The lowest BCUT2D eigenvalue weighted by Gasteiger charge is -2.16. The van der Waals surface area contributed by atoms with Gasteiger partial charge in [-0.15, -0.1) is 0 Å². The molecule has 0 unspecified atom stereocenters. The van der Waals surface area contributed by atoms with Crippen LogP contribution >= 0.6 is 0 Å². The molecule has 6 nitrogen and oxygen atoms in total. The van der Waals surface area contributed by atoms with E-state index in [1.165, 1.54) is 0 Å². The molecule has 0 saturated heterocycles. The average Bonchev–Trinajstić information content (AvgIpc) is 3.10. The zero-order valence-corrected chi connectivity index (χ0v) is 26.3. The molecule has 0 aliphatic carbocycles. The van der Waals surface area contributed by atoms with E-state index in [-0.39, 0.29) is 19.0 Å². The molecule has 0 aromatic heterocycles. The molecule has 5 aromatic rings. The molecule has 0 amide bonds. The molecule has 0 aliphatic rings. The number of esters is 2. The van der Waals surface area contributed by atoms with Gasteiger partial charge in [0.2, 0.25) is 0 Å². The van der Waals surface area contributed by atoms with E-state index in [9.17, 15) is 14.4 Å². The molecule has 6 heteroatoms. The molecule has 232 valence electrons. The topological polar surface area (TPSA) is 81.7 Å². The third-order valence-corrected chi connectivity index (χ3v) is 7.90. The van der Waals surface area contributed by atoms with Gasteiger partial charge in [-0.1, -0.05) is 79.7 Å². The molecule has 46 heavy (non-hydrogen) atoms. The Hall–Kier alpha value is -5.49. The lowest BCUT2D eigenvalue weighted by atomic mass is 9.93. The van der Waals surface area contributed by atoms with Crippen molar-refractivity contribution in [3.63, 3.8) is 0 Å². The van der Waals surface area contributed by atoms with E-state index in [0.717, 1.165) is 50.2 Å². The van der Waals surface area contributed by atoms with Crippen LogP contribution in [0.1, 0.15) is 72.2 Å². The highest BCUT2D eigenvalue weighted by Gasteiger charge is 2.14. The van der Waals surface area contributed by atoms with E-state index in [0.29, 0.717) is 24.1 Å². The summed E-state index contributed by atoms with van der Waals surface area (Å²) in [6, 6.07) is 35.7. The highest BCUT2D eigenvalue weighted by molar-refractivity contribution is 5.96. The van der Waals surface area contributed by atoms with Gasteiger partial charge in [-0.05, 0) is 95.3 Å². The van der Waals surface area contributed by atoms with Gasteiger partial charge in [-0.25, -0.2) is 9.59 Å². The summed E-state index contributed by atoms with van der Waals surface area (Å²) in [7, 11) is 0. The Morgan fingerprint density at radius 3 is 1.83 bits per heavy atom.